The molecule has 1 nitrogen and oxygen atoms in total. The van der Waals surface area contributed by atoms with Gasteiger partial charge >= 0.3 is 0 Å². The number of rotatable bonds is 2. The van der Waals surface area contributed by atoms with E-state index in [9.17, 15) is 0 Å². The molecule has 2 aromatic rings. The Kier molecular flexibility index (Phi) is 3.99. The molecule has 0 saturated carbocycles. The van der Waals surface area contributed by atoms with Gasteiger partial charge in [0.1, 0.15) is 0 Å². The normalized spacial score (nSPS) is 13.1. The van der Waals surface area contributed by atoms with Gasteiger partial charge in [-0.2, -0.15) is 0 Å². The van der Waals surface area contributed by atoms with E-state index in [1.807, 2.05) is 19.1 Å². The second kappa shape index (κ2) is 4.96. The molecule has 0 aliphatic rings. The summed E-state index contributed by atoms with van der Waals surface area (Å²) in [5.74, 6) is 0. The van der Waals surface area contributed by atoms with Crippen molar-refractivity contribution < 1.29 is 0 Å². The van der Waals surface area contributed by atoms with E-state index in [4.69, 9.17) is 28.9 Å². The first-order valence-electron chi connectivity index (χ1n) is 4.45. The summed E-state index contributed by atoms with van der Waals surface area (Å²) in [5.41, 5.74) is 7.06. The Morgan fingerprint density at radius 2 is 2.00 bits per heavy atom. The molecule has 16 heavy (non-hydrogen) atoms. The smallest absolute Gasteiger partial charge is 0.0995 e. The molecule has 86 valence electrons. The zero-order chi connectivity index (χ0) is 11.9. The summed E-state index contributed by atoms with van der Waals surface area (Å²) in [6, 6.07) is 3.67. The number of hydrogen-bond acceptors (Lipinski definition) is 3. The first kappa shape index (κ1) is 12.9. The van der Waals surface area contributed by atoms with Crippen LogP contribution in [0.25, 0.3) is 0 Å². The van der Waals surface area contributed by atoms with Crippen LogP contribution in [0.1, 0.15) is 21.4 Å². The Labute approximate surface area is 120 Å². The minimum atomic E-state index is -0.203. The van der Waals surface area contributed by atoms with E-state index in [-0.39, 0.29) is 6.04 Å². The molecule has 0 bridgehead atoms. The van der Waals surface area contributed by atoms with Gasteiger partial charge in [0.2, 0.25) is 0 Å². The van der Waals surface area contributed by atoms with Crippen LogP contribution >= 0.6 is 61.8 Å². The zero-order valence-corrected chi connectivity index (χ0v) is 13.0. The van der Waals surface area contributed by atoms with Crippen LogP contribution < -0.4 is 5.73 Å². The van der Waals surface area contributed by atoms with Crippen molar-refractivity contribution in [1.29, 1.82) is 0 Å². The molecule has 2 aromatic heterocycles. The largest absolute Gasteiger partial charge is 0.320 e. The molecule has 1 unspecified atom stereocenters. The van der Waals surface area contributed by atoms with Gasteiger partial charge in [0.05, 0.1) is 14.7 Å². The van der Waals surface area contributed by atoms with Crippen molar-refractivity contribution >= 4 is 61.8 Å². The fraction of sp³-hybridized carbons (Fsp3) is 0.200. The fourth-order valence-corrected chi connectivity index (χ4v) is 4.48. The van der Waals surface area contributed by atoms with Crippen LogP contribution in [-0.2, 0) is 0 Å². The van der Waals surface area contributed by atoms with Crippen LogP contribution in [0.2, 0.25) is 8.67 Å². The van der Waals surface area contributed by atoms with E-state index in [1.54, 1.807) is 11.3 Å². The maximum absolute atomic E-state index is 6.17. The lowest BCUT2D eigenvalue weighted by Gasteiger charge is -2.07. The van der Waals surface area contributed by atoms with Crippen molar-refractivity contribution in [2.24, 2.45) is 5.73 Å². The molecule has 0 spiro atoms. The molecule has 6 heteroatoms. The monoisotopic (exact) mass is 355 g/mol. The van der Waals surface area contributed by atoms with Gasteiger partial charge in [0, 0.05) is 19.8 Å². The van der Waals surface area contributed by atoms with Crippen molar-refractivity contribution in [3.63, 3.8) is 0 Å². The second-order valence-corrected chi connectivity index (χ2v) is 7.74. The zero-order valence-electron chi connectivity index (χ0n) is 8.26. The maximum Gasteiger partial charge on any atom is 0.0995 e. The van der Waals surface area contributed by atoms with Gasteiger partial charge in [-0.05, 0) is 35.0 Å². The van der Waals surface area contributed by atoms with Crippen molar-refractivity contribution in [1.82, 2.24) is 0 Å². The third-order valence-corrected chi connectivity index (χ3v) is 5.94. The van der Waals surface area contributed by atoms with E-state index in [0.29, 0.717) is 8.67 Å². The quantitative estimate of drug-likeness (QED) is 0.782. The Balaban J connectivity index is 2.38. The summed E-state index contributed by atoms with van der Waals surface area (Å²) in [7, 11) is 0. The molecule has 0 fully saturated rings. The number of aryl methyl sites for hydroxylation is 1. The van der Waals surface area contributed by atoms with Gasteiger partial charge in [-0.1, -0.05) is 23.2 Å². The lowest BCUT2D eigenvalue weighted by Crippen LogP contribution is -2.09. The number of halogens is 3. The van der Waals surface area contributed by atoms with Crippen LogP contribution in [0.5, 0.6) is 0 Å². The van der Waals surface area contributed by atoms with Gasteiger partial charge in [-0.3, -0.25) is 0 Å². The van der Waals surface area contributed by atoms with Gasteiger partial charge in [0.25, 0.3) is 0 Å². The summed E-state index contributed by atoms with van der Waals surface area (Å²) in [6.45, 7) is 2.05. The molecule has 0 saturated heterocycles. The highest BCUT2D eigenvalue weighted by Crippen LogP contribution is 2.39. The summed E-state index contributed by atoms with van der Waals surface area (Å²) in [5, 5.41) is 0. The molecule has 2 heterocycles. The molecule has 0 aliphatic heterocycles. The standard InChI is InChI=1S/C10H8BrCl2NS2/c1-4-6(11)3-7(15-4)9(14)5-2-8(12)16-10(5)13/h2-3,9H,14H2,1H3. The van der Waals surface area contributed by atoms with Crippen molar-refractivity contribution in [2.45, 2.75) is 13.0 Å². The molecule has 0 radical (unpaired) electrons. The Hall–Kier alpha value is 0.420. The molecular weight excluding hydrogens is 349 g/mol. The summed E-state index contributed by atoms with van der Waals surface area (Å²) in [4.78, 5) is 2.30. The van der Waals surface area contributed by atoms with E-state index >= 15 is 0 Å². The molecule has 2 N–H and O–H groups in total. The Bertz CT molecular complexity index is 501. The van der Waals surface area contributed by atoms with Crippen LogP contribution in [-0.4, -0.2) is 0 Å². The average Bonchev–Trinajstić information content (AvgIpc) is 2.70. The van der Waals surface area contributed by atoms with E-state index < -0.39 is 0 Å². The van der Waals surface area contributed by atoms with Crippen LogP contribution in [0.15, 0.2) is 16.6 Å². The van der Waals surface area contributed by atoms with Gasteiger partial charge in [-0.25, -0.2) is 0 Å². The third-order valence-electron chi connectivity index (χ3n) is 2.20. The molecule has 0 aromatic carbocycles. The predicted molar refractivity (Wildman–Crippen MR) is 77.1 cm³/mol. The highest BCUT2D eigenvalue weighted by atomic mass is 79.9. The minimum Gasteiger partial charge on any atom is -0.320 e. The van der Waals surface area contributed by atoms with E-state index in [2.05, 4.69) is 15.9 Å². The molecule has 1 atom stereocenters. The minimum absolute atomic E-state index is 0.203. The summed E-state index contributed by atoms with van der Waals surface area (Å²) < 4.78 is 2.42. The summed E-state index contributed by atoms with van der Waals surface area (Å²) >= 11 is 18.5. The first-order valence-corrected chi connectivity index (χ1v) is 7.63. The first-order chi connectivity index (χ1) is 7.49. The highest BCUT2D eigenvalue weighted by Gasteiger charge is 2.18. The van der Waals surface area contributed by atoms with E-state index in [1.165, 1.54) is 16.2 Å². The molecule has 2 rings (SSSR count). The van der Waals surface area contributed by atoms with Crippen molar-refractivity contribution in [2.75, 3.05) is 0 Å². The van der Waals surface area contributed by atoms with Crippen molar-refractivity contribution in [3.8, 4) is 0 Å². The van der Waals surface area contributed by atoms with Crippen LogP contribution in [0.3, 0.4) is 0 Å². The Morgan fingerprint density at radius 3 is 2.44 bits per heavy atom. The number of nitrogens with two attached hydrogens (primary N) is 1. The maximum atomic E-state index is 6.17. The second-order valence-electron chi connectivity index (χ2n) is 3.31. The lowest BCUT2D eigenvalue weighted by molar-refractivity contribution is 0.899. The third kappa shape index (κ3) is 2.47. The van der Waals surface area contributed by atoms with Gasteiger partial charge in [-0.15, -0.1) is 22.7 Å². The van der Waals surface area contributed by atoms with Crippen LogP contribution in [0.4, 0.5) is 0 Å². The summed E-state index contributed by atoms with van der Waals surface area (Å²) in [6.07, 6.45) is 0. The lowest BCUT2D eigenvalue weighted by atomic mass is 10.1. The average molecular weight is 357 g/mol. The Morgan fingerprint density at radius 1 is 1.31 bits per heavy atom. The fourth-order valence-electron chi connectivity index (χ4n) is 1.35. The molecule has 0 amide bonds. The number of hydrogen-bond donors (Lipinski definition) is 1. The topological polar surface area (TPSA) is 26.0 Å². The highest BCUT2D eigenvalue weighted by molar-refractivity contribution is 9.10. The van der Waals surface area contributed by atoms with Gasteiger partial charge in [0.15, 0.2) is 0 Å². The van der Waals surface area contributed by atoms with Gasteiger partial charge < -0.3 is 5.73 Å². The molecular formula is C10H8BrCl2NS2. The van der Waals surface area contributed by atoms with Crippen molar-refractivity contribution in [3.05, 3.63) is 40.6 Å². The predicted octanol–water partition coefficient (Wildman–Crippen LogP) is 5.24. The van der Waals surface area contributed by atoms with Crippen LogP contribution in [0, 0.1) is 6.92 Å². The van der Waals surface area contributed by atoms with E-state index in [0.717, 1.165) is 14.9 Å². The number of thiophene rings is 2. The SMILES string of the molecule is Cc1sc(C(N)c2cc(Cl)sc2Cl)cc1Br. The molecule has 0 aliphatic carbocycles.